The number of nitrogens with two attached hydrogens (primary N) is 1. The first-order valence-electron chi connectivity index (χ1n) is 7.82. The van der Waals surface area contributed by atoms with E-state index < -0.39 is 0 Å². The second-order valence-corrected chi connectivity index (χ2v) is 5.61. The van der Waals surface area contributed by atoms with E-state index in [-0.39, 0.29) is 36.5 Å². The Bertz CT molecular complexity index is 589. The quantitative estimate of drug-likeness (QED) is 0.734. The highest BCUT2D eigenvalue weighted by Gasteiger charge is 2.21. The van der Waals surface area contributed by atoms with E-state index in [1.165, 1.54) is 13.2 Å². The lowest BCUT2D eigenvalue weighted by Crippen LogP contribution is -2.51. The number of hydrogen-bond acceptors (Lipinski definition) is 5. The van der Waals surface area contributed by atoms with Crippen molar-refractivity contribution in [3.63, 3.8) is 0 Å². The first kappa shape index (κ1) is 18.2. The molecule has 0 aliphatic carbocycles. The van der Waals surface area contributed by atoms with Gasteiger partial charge in [0.25, 0.3) is 0 Å². The molecule has 1 aliphatic rings. The van der Waals surface area contributed by atoms with Gasteiger partial charge in [0.15, 0.2) is 11.6 Å². The highest BCUT2D eigenvalue weighted by atomic mass is 19.1. The van der Waals surface area contributed by atoms with Crippen molar-refractivity contribution in [2.75, 3.05) is 46.4 Å². The Hall–Kier alpha value is -2.19. The zero-order chi connectivity index (χ0) is 17.5. The molecule has 3 N–H and O–H groups in total. The van der Waals surface area contributed by atoms with Gasteiger partial charge in [-0.3, -0.25) is 14.5 Å². The molecule has 1 fully saturated rings. The third-order valence-corrected chi connectivity index (χ3v) is 3.97. The van der Waals surface area contributed by atoms with Crippen molar-refractivity contribution >= 4 is 11.8 Å². The Balaban J connectivity index is 1.79. The average Bonchev–Trinajstić information content (AvgIpc) is 2.60. The fourth-order valence-corrected chi connectivity index (χ4v) is 2.58. The summed E-state index contributed by atoms with van der Waals surface area (Å²) in [6, 6.07) is 4.92. The van der Waals surface area contributed by atoms with Gasteiger partial charge in [0.1, 0.15) is 0 Å². The molecule has 1 saturated heterocycles. The van der Waals surface area contributed by atoms with Gasteiger partial charge in [0.2, 0.25) is 11.8 Å². The normalized spacial score (nSPS) is 15.2. The van der Waals surface area contributed by atoms with Gasteiger partial charge in [0.05, 0.1) is 20.2 Å². The summed E-state index contributed by atoms with van der Waals surface area (Å²) in [6.07, 6.45) is 0. The largest absolute Gasteiger partial charge is 0.494 e. The minimum atomic E-state index is -0.376. The van der Waals surface area contributed by atoms with Crippen LogP contribution in [0.25, 0.3) is 0 Å². The van der Waals surface area contributed by atoms with E-state index in [2.05, 4.69) is 10.2 Å². The summed E-state index contributed by atoms with van der Waals surface area (Å²) in [7, 11) is 1.43. The average molecular weight is 338 g/mol. The summed E-state index contributed by atoms with van der Waals surface area (Å²) < 4.78 is 18.6. The number of nitrogens with one attached hydrogen (secondary N) is 1. The van der Waals surface area contributed by atoms with E-state index in [0.717, 1.165) is 5.56 Å². The smallest absolute Gasteiger partial charge is 0.242 e. The van der Waals surface area contributed by atoms with Gasteiger partial charge in [-0.05, 0) is 17.7 Å². The van der Waals surface area contributed by atoms with Crippen LogP contribution in [0.4, 0.5) is 4.39 Å². The highest BCUT2D eigenvalue weighted by Crippen LogP contribution is 2.19. The number of carbonyl (C=O) groups excluding carboxylic acids is 2. The Morgan fingerprint density at radius 1 is 1.29 bits per heavy atom. The van der Waals surface area contributed by atoms with Crippen molar-refractivity contribution in [1.29, 1.82) is 0 Å². The number of halogens is 1. The van der Waals surface area contributed by atoms with E-state index in [1.54, 1.807) is 11.0 Å². The maximum Gasteiger partial charge on any atom is 0.242 e. The van der Waals surface area contributed by atoms with Crippen LogP contribution in [0.1, 0.15) is 5.56 Å². The SMILES string of the molecule is COc1ccc(CN2CCN(C(=O)CNC(=O)CN)CC2)cc1F. The molecule has 0 saturated carbocycles. The Morgan fingerprint density at radius 2 is 2.00 bits per heavy atom. The van der Waals surface area contributed by atoms with Gasteiger partial charge >= 0.3 is 0 Å². The predicted molar refractivity (Wildman–Crippen MR) is 86.9 cm³/mol. The van der Waals surface area contributed by atoms with Crippen LogP contribution in [0.2, 0.25) is 0 Å². The molecular weight excluding hydrogens is 315 g/mol. The topological polar surface area (TPSA) is 87.9 Å². The molecular formula is C16H23FN4O3. The van der Waals surface area contributed by atoms with Gasteiger partial charge < -0.3 is 20.7 Å². The highest BCUT2D eigenvalue weighted by molar-refractivity contribution is 5.85. The molecule has 0 aromatic heterocycles. The van der Waals surface area contributed by atoms with Crippen molar-refractivity contribution < 1.29 is 18.7 Å². The van der Waals surface area contributed by atoms with Crippen molar-refractivity contribution in [3.05, 3.63) is 29.6 Å². The number of benzene rings is 1. The van der Waals surface area contributed by atoms with Crippen LogP contribution in [0.15, 0.2) is 18.2 Å². The zero-order valence-electron chi connectivity index (χ0n) is 13.8. The van der Waals surface area contributed by atoms with Gasteiger partial charge in [0, 0.05) is 32.7 Å². The fourth-order valence-electron chi connectivity index (χ4n) is 2.58. The zero-order valence-corrected chi connectivity index (χ0v) is 13.8. The summed E-state index contributed by atoms with van der Waals surface area (Å²) in [5.74, 6) is -0.608. The number of hydrogen-bond donors (Lipinski definition) is 2. The number of carbonyl (C=O) groups is 2. The molecule has 2 rings (SSSR count). The summed E-state index contributed by atoms with van der Waals surface area (Å²) in [5.41, 5.74) is 6.04. The van der Waals surface area contributed by atoms with Crippen LogP contribution in [0.3, 0.4) is 0 Å². The Morgan fingerprint density at radius 3 is 2.58 bits per heavy atom. The summed E-state index contributed by atoms with van der Waals surface area (Å²) in [6.45, 7) is 3.02. The minimum Gasteiger partial charge on any atom is -0.494 e. The van der Waals surface area contributed by atoms with Crippen LogP contribution in [0, 0.1) is 5.82 Å². The first-order valence-corrected chi connectivity index (χ1v) is 7.82. The molecule has 0 atom stereocenters. The molecule has 1 aliphatic heterocycles. The molecule has 1 heterocycles. The predicted octanol–water partition coefficient (Wildman–Crippen LogP) is -0.447. The van der Waals surface area contributed by atoms with Crippen molar-refractivity contribution in [1.82, 2.24) is 15.1 Å². The molecule has 7 nitrogen and oxygen atoms in total. The van der Waals surface area contributed by atoms with E-state index in [0.29, 0.717) is 32.7 Å². The van der Waals surface area contributed by atoms with E-state index in [9.17, 15) is 14.0 Å². The fraction of sp³-hybridized carbons (Fsp3) is 0.500. The Kier molecular flexibility index (Phi) is 6.51. The molecule has 0 radical (unpaired) electrons. The third kappa shape index (κ3) is 4.90. The second-order valence-electron chi connectivity index (χ2n) is 5.61. The summed E-state index contributed by atoms with van der Waals surface area (Å²) >= 11 is 0. The van der Waals surface area contributed by atoms with Crippen LogP contribution in [-0.2, 0) is 16.1 Å². The number of ether oxygens (including phenoxy) is 1. The second kappa shape index (κ2) is 8.60. The van der Waals surface area contributed by atoms with E-state index >= 15 is 0 Å². The van der Waals surface area contributed by atoms with Crippen LogP contribution >= 0.6 is 0 Å². The number of piperazine rings is 1. The first-order chi connectivity index (χ1) is 11.5. The standard InChI is InChI=1S/C16H23FN4O3/c1-24-14-3-2-12(8-13(14)17)11-20-4-6-21(7-5-20)16(23)10-19-15(22)9-18/h2-3,8H,4-7,9-11,18H2,1H3,(H,19,22). The molecule has 132 valence electrons. The molecule has 1 aromatic carbocycles. The van der Waals surface area contributed by atoms with Crippen LogP contribution < -0.4 is 15.8 Å². The van der Waals surface area contributed by atoms with Gasteiger partial charge in [-0.1, -0.05) is 6.07 Å². The minimum absolute atomic E-state index is 0.0281. The maximum absolute atomic E-state index is 13.7. The molecule has 1 aromatic rings. The molecule has 0 spiro atoms. The lowest BCUT2D eigenvalue weighted by molar-refractivity contribution is -0.134. The van der Waals surface area contributed by atoms with Crippen LogP contribution in [-0.4, -0.2) is 68.0 Å². The summed E-state index contributed by atoms with van der Waals surface area (Å²) in [4.78, 5) is 26.9. The number of rotatable bonds is 6. The van der Waals surface area contributed by atoms with Gasteiger partial charge in [-0.2, -0.15) is 0 Å². The molecule has 2 amide bonds. The molecule has 0 bridgehead atoms. The molecule has 0 unspecified atom stereocenters. The van der Waals surface area contributed by atoms with Gasteiger partial charge in [-0.15, -0.1) is 0 Å². The van der Waals surface area contributed by atoms with Crippen molar-refractivity contribution in [2.45, 2.75) is 6.54 Å². The lowest BCUT2D eigenvalue weighted by atomic mass is 10.2. The number of methoxy groups -OCH3 is 1. The van der Waals surface area contributed by atoms with E-state index in [4.69, 9.17) is 10.5 Å². The monoisotopic (exact) mass is 338 g/mol. The van der Waals surface area contributed by atoms with Crippen LogP contribution in [0.5, 0.6) is 5.75 Å². The lowest BCUT2D eigenvalue weighted by Gasteiger charge is -2.34. The van der Waals surface area contributed by atoms with E-state index in [1.807, 2.05) is 6.07 Å². The molecule has 8 heteroatoms. The third-order valence-electron chi connectivity index (χ3n) is 3.97. The maximum atomic E-state index is 13.7. The molecule has 24 heavy (non-hydrogen) atoms. The number of amides is 2. The Labute approximate surface area is 140 Å². The summed E-state index contributed by atoms with van der Waals surface area (Å²) in [5, 5.41) is 2.48. The number of nitrogens with zero attached hydrogens (tertiary/aromatic N) is 2. The van der Waals surface area contributed by atoms with Crippen molar-refractivity contribution in [3.8, 4) is 5.75 Å². The van der Waals surface area contributed by atoms with Crippen molar-refractivity contribution in [2.24, 2.45) is 5.73 Å². The van der Waals surface area contributed by atoms with Gasteiger partial charge in [-0.25, -0.2) is 4.39 Å².